The number of nitrogens with zero attached hydrogens (tertiary/aromatic N) is 2. The molecule has 42 heavy (non-hydrogen) atoms. The molecule has 2 heterocycles. The van der Waals surface area contributed by atoms with Gasteiger partial charge < -0.3 is 14.2 Å². The fraction of sp³-hybridized carbons (Fsp3) is 0.219. The van der Waals surface area contributed by atoms with Crippen molar-refractivity contribution in [3.8, 4) is 11.5 Å². The first-order chi connectivity index (χ1) is 20.3. The van der Waals surface area contributed by atoms with Crippen molar-refractivity contribution in [1.82, 2.24) is 4.57 Å². The molecule has 0 aliphatic carbocycles. The number of carbonyl (C=O) groups is 1. The Morgan fingerprint density at radius 3 is 2.57 bits per heavy atom. The third kappa shape index (κ3) is 6.38. The van der Waals surface area contributed by atoms with Gasteiger partial charge in [0.1, 0.15) is 18.1 Å². The minimum Gasteiger partial charge on any atom is -0.494 e. The number of fused-ring (bicyclic) bond motifs is 1. The van der Waals surface area contributed by atoms with Crippen LogP contribution in [0, 0.1) is 0 Å². The Balaban J connectivity index is 1.61. The maximum atomic E-state index is 14.0. The number of benzene rings is 3. The summed E-state index contributed by atoms with van der Waals surface area (Å²) in [6.45, 7) is 6.47. The molecule has 1 aliphatic rings. The molecule has 7 nitrogen and oxygen atoms in total. The van der Waals surface area contributed by atoms with Crippen molar-refractivity contribution in [3.05, 3.63) is 124 Å². The van der Waals surface area contributed by atoms with E-state index in [2.05, 4.69) is 20.9 Å². The Hall–Kier alpha value is -3.66. The Labute approximate surface area is 260 Å². The number of thiazole rings is 1. The van der Waals surface area contributed by atoms with Crippen molar-refractivity contribution < 1.29 is 19.0 Å². The van der Waals surface area contributed by atoms with Gasteiger partial charge in [-0.3, -0.25) is 9.36 Å². The highest BCUT2D eigenvalue weighted by atomic mass is 79.9. The van der Waals surface area contributed by atoms with Crippen LogP contribution < -0.4 is 24.4 Å². The first-order valence-electron chi connectivity index (χ1n) is 13.4. The molecule has 0 fully saturated rings. The van der Waals surface area contributed by atoms with E-state index in [1.807, 2.05) is 73.7 Å². The summed E-state index contributed by atoms with van der Waals surface area (Å²) in [5.41, 5.74) is 2.95. The summed E-state index contributed by atoms with van der Waals surface area (Å²) in [6.07, 6.45) is 1.79. The lowest BCUT2D eigenvalue weighted by Gasteiger charge is -2.24. The molecule has 216 valence electrons. The minimum atomic E-state index is -0.709. The molecule has 0 amide bonds. The second-order valence-corrected chi connectivity index (χ2v) is 11.8. The van der Waals surface area contributed by atoms with Crippen molar-refractivity contribution in [1.29, 1.82) is 0 Å². The third-order valence-electron chi connectivity index (χ3n) is 6.57. The number of rotatable bonds is 9. The van der Waals surface area contributed by atoms with E-state index in [4.69, 9.17) is 25.8 Å². The van der Waals surface area contributed by atoms with Gasteiger partial charge in [0, 0.05) is 15.1 Å². The van der Waals surface area contributed by atoms with Crippen molar-refractivity contribution in [2.45, 2.75) is 33.4 Å². The number of halogens is 2. The molecule has 0 spiro atoms. The summed E-state index contributed by atoms with van der Waals surface area (Å²) >= 11 is 10.9. The smallest absolute Gasteiger partial charge is 0.338 e. The largest absolute Gasteiger partial charge is 0.494 e. The molecule has 10 heteroatoms. The van der Waals surface area contributed by atoms with Gasteiger partial charge in [0.25, 0.3) is 5.56 Å². The Morgan fingerprint density at radius 1 is 1.07 bits per heavy atom. The number of hydrogen-bond acceptors (Lipinski definition) is 7. The van der Waals surface area contributed by atoms with Crippen LogP contribution in [0.4, 0.5) is 0 Å². The van der Waals surface area contributed by atoms with Crippen LogP contribution in [0.1, 0.15) is 43.5 Å². The van der Waals surface area contributed by atoms with E-state index in [1.54, 1.807) is 24.5 Å². The van der Waals surface area contributed by atoms with Crippen molar-refractivity contribution in [3.63, 3.8) is 0 Å². The van der Waals surface area contributed by atoms with Crippen LogP contribution >= 0.6 is 38.9 Å². The van der Waals surface area contributed by atoms with Crippen LogP contribution in [0.5, 0.6) is 11.5 Å². The topological polar surface area (TPSA) is 79.1 Å². The second kappa shape index (κ2) is 13.1. The molecule has 0 radical (unpaired) electrons. The average molecular weight is 668 g/mol. The van der Waals surface area contributed by atoms with Gasteiger partial charge >= 0.3 is 5.97 Å². The van der Waals surface area contributed by atoms with Gasteiger partial charge in [0.05, 0.1) is 35.1 Å². The lowest BCUT2D eigenvalue weighted by Crippen LogP contribution is -2.39. The summed E-state index contributed by atoms with van der Waals surface area (Å²) < 4.78 is 20.0. The highest BCUT2D eigenvalue weighted by Gasteiger charge is 2.33. The van der Waals surface area contributed by atoms with Crippen LogP contribution in [-0.2, 0) is 16.1 Å². The molecular weight excluding hydrogens is 640 g/mol. The molecule has 0 bridgehead atoms. The van der Waals surface area contributed by atoms with Crippen molar-refractivity contribution in [2.75, 3.05) is 13.2 Å². The lowest BCUT2D eigenvalue weighted by molar-refractivity contribution is -0.139. The van der Waals surface area contributed by atoms with Gasteiger partial charge in [-0.1, -0.05) is 63.1 Å². The fourth-order valence-corrected chi connectivity index (χ4v) is 6.34. The quantitative estimate of drug-likeness (QED) is 0.199. The monoisotopic (exact) mass is 666 g/mol. The SMILES string of the molecule is CCOC(=O)C1=C(C)N=c2s/c(=C\c3cc(Br)ccc3OCc3cccc(Cl)c3)c(=O)n2[C@H]1c1ccc(OCC)cc1. The molecule has 0 N–H and O–H groups in total. The van der Waals surface area contributed by atoms with Crippen molar-refractivity contribution in [2.24, 2.45) is 4.99 Å². The molecular formula is C32H28BrClN2O5S. The van der Waals surface area contributed by atoms with E-state index in [0.29, 0.717) is 50.3 Å². The predicted molar refractivity (Wildman–Crippen MR) is 168 cm³/mol. The van der Waals surface area contributed by atoms with Gasteiger partial charge in [0.2, 0.25) is 0 Å². The van der Waals surface area contributed by atoms with E-state index in [9.17, 15) is 9.59 Å². The van der Waals surface area contributed by atoms with Gasteiger partial charge in [-0.25, -0.2) is 9.79 Å². The number of carbonyl (C=O) groups excluding carboxylic acids is 1. The van der Waals surface area contributed by atoms with Crippen LogP contribution in [0.15, 0.2) is 92.3 Å². The molecule has 1 aromatic heterocycles. The number of ether oxygens (including phenoxy) is 3. The average Bonchev–Trinajstić information content (AvgIpc) is 3.26. The summed E-state index contributed by atoms with van der Waals surface area (Å²) in [5, 5.41) is 0.632. The third-order valence-corrected chi connectivity index (χ3v) is 8.28. The predicted octanol–water partition coefficient (Wildman–Crippen LogP) is 6.19. The highest BCUT2D eigenvalue weighted by Crippen LogP contribution is 2.32. The van der Waals surface area contributed by atoms with E-state index in [0.717, 1.165) is 21.2 Å². The Bertz CT molecular complexity index is 1850. The zero-order chi connectivity index (χ0) is 29.8. The summed E-state index contributed by atoms with van der Waals surface area (Å²) in [7, 11) is 0. The lowest BCUT2D eigenvalue weighted by atomic mass is 9.96. The maximum absolute atomic E-state index is 14.0. The Morgan fingerprint density at radius 2 is 1.86 bits per heavy atom. The number of aromatic nitrogens is 1. The molecule has 5 rings (SSSR count). The van der Waals surface area contributed by atoms with Crippen LogP contribution in [0.2, 0.25) is 5.02 Å². The standard InChI is InChI=1S/C32H28BrClN2O5S/c1-4-39-25-12-9-21(10-13-25)29-28(31(38)40-5-2)19(3)35-32-36(29)30(37)27(42-32)17-22-16-23(33)11-14-26(22)41-18-20-7-6-8-24(34)15-20/h6-17,29H,4-5,18H2,1-3H3/b27-17-/t29-/m0/s1. The normalized spacial score (nSPS) is 14.8. The molecule has 3 aromatic carbocycles. The molecule has 0 saturated carbocycles. The summed E-state index contributed by atoms with van der Waals surface area (Å²) in [5.74, 6) is 0.804. The zero-order valence-electron chi connectivity index (χ0n) is 23.2. The molecule has 0 unspecified atom stereocenters. The van der Waals surface area contributed by atoms with Crippen molar-refractivity contribution >= 4 is 50.9 Å². The molecule has 1 atom stereocenters. The van der Waals surface area contributed by atoms with Gasteiger partial charge in [-0.05, 0) is 80.4 Å². The summed E-state index contributed by atoms with van der Waals surface area (Å²) in [4.78, 5) is 32.3. The Kier molecular flexibility index (Phi) is 9.30. The van der Waals surface area contributed by atoms with Crippen LogP contribution in [-0.4, -0.2) is 23.8 Å². The van der Waals surface area contributed by atoms with E-state index in [-0.39, 0.29) is 12.2 Å². The fourth-order valence-electron chi connectivity index (χ4n) is 4.71. The van der Waals surface area contributed by atoms with E-state index in [1.165, 1.54) is 11.3 Å². The summed E-state index contributed by atoms with van der Waals surface area (Å²) in [6, 6.07) is 19.8. The number of allylic oxidation sites excluding steroid dienone is 1. The number of hydrogen-bond donors (Lipinski definition) is 0. The van der Waals surface area contributed by atoms with Gasteiger partial charge in [-0.2, -0.15) is 0 Å². The highest BCUT2D eigenvalue weighted by molar-refractivity contribution is 9.10. The second-order valence-electron chi connectivity index (χ2n) is 9.41. The van der Waals surface area contributed by atoms with Crippen LogP contribution in [0.25, 0.3) is 6.08 Å². The van der Waals surface area contributed by atoms with Gasteiger partial charge in [-0.15, -0.1) is 0 Å². The molecule has 4 aromatic rings. The van der Waals surface area contributed by atoms with E-state index >= 15 is 0 Å². The van der Waals surface area contributed by atoms with E-state index < -0.39 is 12.0 Å². The maximum Gasteiger partial charge on any atom is 0.338 e. The van der Waals surface area contributed by atoms with Gasteiger partial charge in [0.15, 0.2) is 4.80 Å². The van der Waals surface area contributed by atoms with Crippen LogP contribution in [0.3, 0.4) is 0 Å². The first-order valence-corrected chi connectivity index (χ1v) is 15.4. The minimum absolute atomic E-state index is 0.205. The molecule has 1 aliphatic heterocycles. The first kappa shape index (κ1) is 29.8. The number of esters is 1. The molecule has 0 saturated heterocycles. The zero-order valence-corrected chi connectivity index (χ0v) is 26.4.